The lowest BCUT2D eigenvalue weighted by atomic mass is 10.1. The van der Waals surface area contributed by atoms with Crippen LogP contribution in [0.4, 0.5) is 0 Å². The van der Waals surface area contributed by atoms with Gasteiger partial charge in [-0.25, -0.2) is 0 Å². The standard InChI is InChI=1S/C24H37NO2S2/c1-20(2)14-15-25(3)19-26-16-10-6-4-5-7-11-17-29-23-18-24(28)27-22-13-9-8-12-21(22)23/h8-9,12-13,18,20H,4-7,10-11,14-17,19H2,1-3H3. The molecule has 3 nitrogen and oxygen atoms in total. The van der Waals surface area contributed by atoms with Crippen LogP contribution in [-0.2, 0) is 4.74 Å². The molecule has 0 aliphatic heterocycles. The van der Waals surface area contributed by atoms with Crippen molar-refractivity contribution in [1.82, 2.24) is 4.90 Å². The Bertz CT molecular complexity index is 760. The zero-order valence-electron chi connectivity index (χ0n) is 18.3. The minimum absolute atomic E-state index is 0.569. The van der Waals surface area contributed by atoms with E-state index in [1.54, 1.807) is 0 Å². The summed E-state index contributed by atoms with van der Waals surface area (Å²) in [6.07, 6.45) is 8.84. The molecule has 1 heterocycles. The summed E-state index contributed by atoms with van der Waals surface area (Å²) in [7, 11) is 2.14. The molecule has 0 aliphatic rings. The first kappa shape index (κ1) is 24.4. The van der Waals surface area contributed by atoms with Crippen LogP contribution in [0.1, 0.15) is 58.8 Å². The van der Waals surface area contributed by atoms with E-state index in [4.69, 9.17) is 21.4 Å². The first-order chi connectivity index (χ1) is 14.1. The van der Waals surface area contributed by atoms with Crippen molar-refractivity contribution >= 4 is 34.9 Å². The summed E-state index contributed by atoms with van der Waals surface area (Å²) in [6, 6.07) is 10.1. The summed E-state index contributed by atoms with van der Waals surface area (Å²) in [5.74, 6) is 1.90. The van der Waals surface area contributed by atoms with E-state index in [2.05, 4.69) is 37.9 Å². The van der Waals surface area contributed by atoms with E-state index >= 15 is 0 Å². The lowest BCUT2D eigenvalue weighted by Crippen LogP contribution is -2.24. The van der Waals surface area contributed by atoms with E-state index in [1.807, 2.05) is 30.0 Å². The molecule has 2 aromatic rings. The molecule has 0 aliphatic carbocycles. The Labute approximate surface area is 186 Å². The van der Waals surface area contributed by atoms with Gasteiger partial charge in [0, 0.05) is 29.5 Å². The number of unbranched alkanes of at least 4 members (excludes halogenated alkanes) is 5. The predicted octanol–water partition coefficient (Wildman–Crippen LogP) is 7.55. The van der Waals surface area contributed by atoms with E-state index in [9.17, 15) is 0 Å². The van der Waals surface area contributed by atoms with Crippen LogP contribution < -0.4 is 0 Å². The number of para-hydroxylation sites is 1. The van der Waals surface area contributed by atoms with Gasteiger partial charge in [-0.05, 0) is 56.3 Å². The van der Waals surface area contributed by atoms with Crippen molar-refractivity contribution in [2.45, 2.75) is 63.7 Å². The maximum Gasteiger partial charge on any atom is 0.191 e. The van der Waals surface area contributed by atoms with Crippen molar-refractivity contribution in [1.29, 1.82) is 0 Å². The molecule has 2 rings (SSSR count). The molecule has 1 aromatic carbocycles. The number of rotatable bonds is 15. The molecule has 0 saturated heterocycles. The number of nitrogens with zero attached hydrogens (tertiary/aromatic N) is 1. The fraction of sp³-hybridized carbons (Fsp3) is 0.625. The van der Waals surface area contributed by atoms with Crippen molar-refractivity contribution in [2.24, 2.45) is 5.92 Å². The van der Waals surface area contributed by atoms with Crippen molar-refractivity contribution in [3.63, 3.8) is 0 Å². The van der Waals surface area contributed by atoms with Crippen LogP contribution in [0.25, 0.3) is 11.0 Å². The number of ether oxygens (including phenoxy) is 1. The van der Waals surface area contributed by atoms with Gasteiger partial charge in [0.15, 0.2) is 4.71 Å². The highest BCUT2D eigenvalue weighted by Gasteiger charge is 2.04. The average Bonchev–Trinajstić information content (AvgIpc) is 2.70. The van der Waals surface area contributed by atoms with Gasteiger partial charge in [-0.3, -0.25) is 4.90 Å². The molecule has 0 unspecified atom stereocenters. The number of hydrogen-bond donors (Lipinski definition) is 0. The number of hydrogen-bond acceptors (Lipinski definition) is 5. The molecule has 1 aromatic heterocycles. The average molecular weight is 436 g/mol. The van der Waals surface area contributed by atoms with E-state index in [-0.39, 0.29) is 0 Å². The summed E-state index contributed by atoms with van der Waals surface area (Å²) in [5.41, 5.74) is 0.885. The van der Waals surface area contributed by atoms with Crippen LogP contribution in [-0.4, -0.2) is 37.6 Å². The molecule has 0 radical (unpaired) electrons. The fourth-order valence-corrected chi connectivity index (χ4v) is 4.53. The highest BCUT2D eigenvalue weighted by Crippen LogP contribution is 2.29. The third-order valence-electron chi connectivity index (χ3n) is 4.95. The van der Waals surface area contributed by atoms with Crippen molar-refractivity contribution in [3.05, 3.63) is 35.0 Å². The van der Waals surface area contributed by atoms with E-state index < -0.39 is 0 Å². The summed E-state index contributed by atoms with van der Waals surface area (Å²) in [6.45, 7) is 7.31. The van der Waals surface area contributed by atoms with Gasteiger partial charge in [0.05, 0.1) is 6.73 Å². The maximum atomic E-state index is 5.77. The molecule has 0 amide bonds. The van der Waals surface area contributed by atoms with E-state index in [1.165, 1.54) is 55.2 Å². The van der Waals surface area contributed by atoms with Gasteiger partial charge in [0.2, 0.25) is 0 Å². The topological polar surface area (TPSA) is 25.6 Å². The molecule has 0 saturated carbocycles. The molecular formula is C24H37NO2S2. The van der Waals surface area contributed by atoms with Crippen LogP contribution in [0.15, 0.2) is 39.6 Å². The van der Waals surface area contributed by atoms with Crippen LogP contribution in [0.5, 0.6) is 0 Å². The molecule has 0 bridgehead atoms. The number of thioether (sulfide) groups is 1. The third kappa shape index (κ3) is 10.1. The fourth-order valence-electron chi connectivity index (χ4n) is 3.16. The van der Waals surface area contributed by atoms with E-state index in [0.717, 1.165) is 37.1 Å². The molecule has 0 N–H and O–H groups in total. The van der Waals surface area contributed by atoms with Gasteiger partial charge < -0.3 is 9.15 Å². The van der Waals surface area contributed by atoms with Gasteiger partial charge in [0.25, 0.3) is 0 Å². The number of fused-ring (bicyclic) bond motifs is 1. The summed E-state index contributed by atoms with van der Waals surface area (Å²) < 4.78 is 12.0. The summed E-state index contributed by atoms with van der Waals surface area (Å²) in [5, 5.41) is 1.17. The second-order valence-corrected chi connectivity index (χ2v) is 9.73. The minimum Gasteiger partial charge on any atom is -0.445 e. The monoisotopic (exact) mass is 435 g/mol. The molecule has 29 heavy (non-hydrogen) atoms. The quantitative estimate of drug-likeness (QED) is 0.124. The Morgan fingerprint density at radius 3 is 2.59 bits per heavy atom. The highest BCUT2D eigenvalue weighted by atomic mass is 32.2. The van der Waals surface area contributed by atoms with E-state index in [0.29, 0.717) is 4.71 Å². The Hall–Kier alpha value is -0.880. The Morgan fingerprint density at radius 2 is 1.79 bits per heavy atom. The molecule has 0 fully saturated rings. The first-order valence-electron chi connectivity index (χ1n) is 11.0. The molecule has 5 heteroatoms. The van der Waals surface area contributed by atoms with Gasteiger partial charge in [-0.15, -0.1) is 11.8 Å². The van der Waals surface area contributed by atoms with Crippen LogP contribution in [0.3, 0.4) is 0 Å². The summed E-state index contributed by atoms with van der Waals surface area (Å²) >= 11 is 7.15. The third-order valence-corrected chi connectivity index (χ3v) is 6.30. The maximum absolute atomic E-state index is 5.77. The first-order valence-corrected chi connectivity index (χ1v) is 12.4. The lowest BCUT2D eigenvalue weighted by molar-refractivity contribution is 0.0388. The van der Waals surface area contributed by atoms with Crippen molar-refractivity contribution < 1.29 is 9.15 Å². The van der Waals surface area contributed by atoms with Crippen LogP contribution in [0.2, 0.25) is 0 Å². The zero-order chi connectivity index (χ0) is 20.9. The largest absolute Gasteiger partial charge is 0.445 e. The van der Waals surface area contributed by atoms with Gasteiger partial charge >= 0.3 is 0 Å². The number of benzene rings is 1. The molecule has 0 spiro atoms. The van der Waals surface area contributed by atoms with Crippen molar-refractivity contribution in [2.75, 3.05) is 32.7 Å². The molecule has 0 atom stereocenters. The normalized spacial score (nSPS) is 11.8. The van der Waals surface area contributed by atoms with Crippen molar-refractivity contribution in [3.8, 4) is 0 Å². The smallest absolute Gasteiger partial charge is 0.191 e. The second-order valence-electron chi connectivity index (χ2n) is 8.20. The van der Waals surface area contributed by atoms with Crippen LogP contribution in [0, 0.1) is 10.6 Å². The van der Waals surface area contributed by atoms with Gasteiger partial charge in [-0.1, -0.05) is 57.7 Å². The minimum atomic E-state index is 0.569. The second kappa shape index (κ2) is 14.2. The van der Waals surface area contributed by atoms with Crippen LogP contribution >= 0.6 is 24.0 Å². The zero-order valence-corrected chi connectivity index (χ0v) is 20.0. The molecule has 162 valence electrons. The van der Waals surface area contributed by atoms with Gasteiger partial charge in [0.1, 0.15) is 5.58 Å². The lowest BCUT2D eigenvalue weighted by Gasteiger charge is -2.17. The predicted molar refractivity (Wildman–Crippen MR) is 128 cm³/mol. The SMILES string of the molecule is CC(C)CCN(C)COCCCCCCCCSc1cc(=S)oc2ccccc12. The van der Waals surface area contributed by atoms with Gasteiger partial charge in [-0.2, -0.15) is 0 Å². The Morgan fingerprint density at radius 1 is 1.07 bits per heavy atom. The Kier molecular flexibility index (Phi) is 11.9. The highest BCUT2D eigenvalue weighted by molar-refractivity contribution is 7.99. The summed E-state index contributed by atoms with van der Waals surface area (Å²) in [4.78, 5) is 3.52. The Balaban J connectivity index is 1.48. The molecular weight excluding hydrogens is 398 g/mol.